The molecule has 0 fully saturated rings. The number of esters is 1. The number of benzene rings is 1. The van der Waals surface area contributed by atoms with E-state index in [-0.39, 0.29) is 27.3 Å². The number of hydrogen-bond acceptors (Lipinski definition) is 5. The van der Waals surface area contributed by atoms with Gasteiger partial charge in [-0.25, -0.2) is 9.18 Å². The van der Waals surface area contributed by atoms with E-state index < -0.39 is 18.4 Å². The van der Waals surface area contributed by atoms with Gasteiger partial charge < -0.3 is 10.1 Å². The monoisotopic (exact) mass is 417 g/mol. The van der Waals surface area contributed by atoms with Crippen LogP contribution in [0.3, 0.4) is 0 Å². The predicted octanol–water partition coefficient (Wildman–Crippen LogP) is 3.91. The molecule has 1 aromatic carbocycles. The van der Waals surface area contributed by atoms with Crippen molar-refractivity contribution in [2.75, 3.05) is 13.2 Å². The van der Waals surface area contributed by atoms with Crippen molar-refractivity contribution in [2.24, 2.45) is 0 Å². The fourth-order valence-corrected chi connectivity index (χ4v) is 3.37. The van der Waals surface area contributed by atoms with Crippen molar-refractivity contribution in [2.45, 2.75) is 13.3 Å². The third kappa shape index (κ3) is 5.52. The molecule has 0 aliphatic rings. The highest BCUT2D eigenvalue weighted by atomic mass is 35.5. The Labute approximate surface area is 163 Å². The highest BCUT2D eigenvalue weighted by Crippen LogP contribution is 2.25. The summed E-state index contributed by atoms with van der Waals surface area (Å²) in [5, 5.41) is 2.39. The van der Waals surface area contributed by atoms with Crippen LogP contribution in [0.2, 0.25) is 10.0 Å². The van der Waals surface area contributed by atoms with Crippen LogP contribution in [0, 0.1) is 5.82 Å². The fraction of sp³-hybridized carbons (Fsp3) is 0.235. The zero-order valence-electron chi connectivity index (χ0n) is 13.6. The summed E-state index contributed by atoms with van der Waals surface area (Å²) in [4.78, 5) is 36.2. The lowest BCUT2D eigenvalue weighted by molar-refractivity contribution is -0.118. The van der Waals surface area contributed by atoms with E-state index in [4.69, 9.17) is 27.9 Å². The summed E-state index contributed by atoms with van der Waals surface area (Å²) in [5.74, 6) is -2.24. The van der Waals surface area contributed by atoms with Gasteiger partial charge in [0.1, 0.15) is 5.82 Å². The van der Waals surface area contributed by atoms with Gasteiger partial charge in [-0.05, 0) is 30.7 Å². The topological polar surface area (TPSA) is 72.5 Å². The summed E-state index contributed by atoms with van der Waals surface area (Å²) in [5.41, 5.74) is -0.205. The molecule has 0 saturated carbocycles. The molecule has 0 saturated heterocycles. The predicted molar refractivity (Wildman–Crippen MR) is 97.7 cm³/mol. The third-order valence-corrected chi connectivity index (χ3v) is 5.03. The van der Waals surface area contributed by atoms with E-state index in [9.17, 15) is 18.8 Å². The van der Waals surface area contributed by atoms with Crippen molar-refractivity contribution >= 4 is 52.2 Å². The number of Topliss-reactive ketones (excluding diaryl/α,β-unsaturated/α-hetero) is 1. The molecule has 1 amide bonds. The van der Waals surface area contributed by atoms with E-state index in [0.717, 1.165) is 17.0 Å². The maximum Gasteiger partial charge on any atom is 0.340 e. The molecular weight excluding hydrogens is 404 g/mol. The Morgan fingerprint density at radius 2 is 1.92 bits per heavy atom. The molecule has 1 aromatic heterocycles. The van der Waals surface area contributed by atoms with Crippen LogP contribution in [0.15, 0.2) is 24.3 Å². The molecule has 138 valence electrons. The molecule has 5 nitrogen and oxygen atoms in total. The van der Waals surface area contributed by atoms with E-state index in [0.29, 0.717) is 17.8 Å². The van der Waals surface area contributed by atoms with Crippen molar-refractivity contribution in [1.29, 1.82) is 0 Å². The lowest BCUT2D eigenvalue weighted by Crippen LogP contribution is -2.22. The first-order valence-corrected chi connectivity index (χ1v) is 9.03. The van der Waals surface area contributed by atoms with E-state index >= 15 is 0 Å². The van der Waals surface area contributed by atoms with Gasteiger partial charge in [-0.2, -0.15) is 0 Å². The summed E-state index contributed by atoms with van der Waals surface area (Å²) in [6, 6.07) is 5.35. The Balaban J connectivity index is 1.92. The second-order valence-electron chi connectivity index (χ2n) is 5.24. The van der Waals surface area contributed by atoms with Gasteiger partial charge in [0.2, 0.25) is 11.7 Å². The minimum atomic E-state index is -0.915. The molecule has 0 aliphatic carbocycles. The van der Waals surface area contributed by atoms with Crippen LogP contribution >= 0.6 is 34.5 Å². The Bertz CT molecular complexity index is 853. The van der Waals surface area contributed by atoms with Gasteiger partial charge in [0, 0.05) is 18.3 Å². The first kappa shape index (κ1) is 20.4. The summed E-state index contributed by atoms with van der Waals surface area (Å²) < 4.78 is 18.4. The van der Waals surface area contributed by atoms with Gasteiger partial charge in [0.15, 0.2) is 6.61 Å². The number of amides is 1. The minimum absolute atomic E-state index is 0.0646. The Kier molecular flexibility index (Phi) is 7.14. The van der Waals surface area contributed by atoms with Crippen LogP contribution in [0.5, 0.6) is 0 Å². The maximum absolute atomic E-state index is 13.4. The molecule has 0 spiro atoms. The second-order valence-corrected chi connectivity index (χ2v) is 7.23. The van der Waals surface area contributed by atoms with Crippen molar-refractivity contribution in [3.05, 3.63) is 55.4 Å². The number of carbonyl (C=O) groups excluding carboxylic acids is 3. The SMILES string of the molecule is CC(=O)NCCc1ccc(C(=O)COC(=O)c2cc(F)c(Cl)cc2Cl)s1. The highest BCUT2D eigenvalue weighted by molar-refractivity contribution is 7.14. The molecule has 0 aliphatic heterocycles. The van der Waals surface area contributed by atoms with Crippen LogP contribution in [0.1, 0.15) is 31.8 Å². The standard InChI is InChI=1S/C17H14Cl2FNO4S/c1-9(22)21-5-4-10-2-3-16(26-10)15(23)8-25-17(24)11-6-14(20)13(19)7-12(11)18/h2-3,6-7H,4-5,8H2,1H3,(H,21,22). The number of carbonyl (C=O) groups is 3. The number of halogens is 3. The van der Waals surface area contributed by atoms with Crippen molar-refractivity contribution in [3.63, 3.8) is 0 Å². The first-order chi connectivity index (χ1) is 12.3. The molecule has 1 N–H and O–H groups in total. The molecule has 0 atom stereocenters. The summed E-state index contributed by atoms with van der Waals surface area (Å²) in [6.07, 6.45) is 0.594. The quantitative estimate of drug-likeness (QED) is 0.421. The Hall–Kier alpha value is -1.96. The highest BCUT2D eigenvalue weighted by Gasteiger charge is 2.18. The van der Waals surface area contributed by atoms with E-state index in [2.05, 4.69) is 5.32 Å². The van der Waals surface area contributed by atoms with Crippen LogP contribution in [-0.4, -0.2) is 30.8 Å². The van der Waals surface area contributed by atoms with Crippen LogP contribution in [0.25, 0.3) is 0 Å². The molecule has 0 bridgehead atoms. The van der Waals surface area contributed by atoms with Gasteiger partial charge in [-0.15, -0.1) is 11.3 Å². The molecule has 0 radical (unpaired) electrons. The Morgan fingerprint density at radius 3 is 2.62 bits per heavy atom. The molecule has 2 aromatic rings. The minimum Gasteiger partial charge on any atom is -0.454 e. The molecule has 0 unspecified atom stereocenters. The lowest BCUT2D eigenvalue weighted by Gasteiger charge is -2.06. The number of nitrogens with one attached hydrogen (secondary N) is 1. The zero-order chi connectivity index (χ0) is 19.3. The largest absolute Gasteiger partial charge is 0.454 e. The van der Waals surface area contributed by atoms with E-state index in [1.54, 1.807) is 12.1 Å². The smallest absolute Gasteiger partial charge is 0.340 e. The average Bonchev–Trinajstić information content (AvgIpc) is 3.04. The average molecular weight is 418 g/mol. The number of hydrogen-bond donors (Lipinski definition) is 1. The summed E-state index contributed by atoms with van der Waals surface area (Å²) in [7, 11) is 0. The first-order valence-electron chi connectivity index (χ1n) is 7.46. The van der Waals surface area contributed by atoms with Crippen LogP contribution in [0.4, 0.5) is 4.39 Å². The van der Waals surface area contributed by atoms with Gasteiger partial charge >= 0.3 is 5.97 Å². The summed E-state index contributed by atoms with van der Waals surface area (Å²) >= 11 is 12.7. The van der Waals surface area contributed by atoms with Crippen LogP contribution < -0.4 is 5.32 Å². The molecule has 2 rings (SSSR count). The number of rotatable bonds is 7. The number of ether oxygens (including phenoxy) is 1. The molecule has 26 heavy (non-hydrogen) atoms. The van der Waals surface area contributed by atoms with Crippen LogP contribution in [-0.2, 0) is 16.0 Å². The van der Waals surface area contributed by atoms with Crippen molar-refractivity contribution < 1.29 is 23.5 Å². The number of thiophene rings is 1. The van der Waals surface area contributed by atoms with Gasteiger partial charge in [0.25, 0.3) is 0 Å². The third-order valence-electron chi connectivity index (χ3n) is 3.25. The van der Waals surface area contributed by atoms with E-state index in [1.165, 1.54) is 18.3 Å². The second kappa shape index (κ2) is 9.12. The Morgan fingerprint density at radius 1 is 1.19 bits per heavy atom. The normalized spacial score (nSPS) is 10.5. The number of ketones is 1. The van der Waals surface area contributed by atoms with Gasteiger partial charge in [0.05, 0.1) is 20.5 Å². The molecule has 1 heterocycles. The maximum atomic E-state index is 13.4. The lowest BCUT2D eigenvalue weighted by atomic mass is 10.2. The zero-order valence-corrected chi connectivity index (χ0v) is 15.9. The van der Waals surface area contributed by atoms with Crippen molar-refractivity contribution in [3.8, 4) is 0 Å². The summed E-state index contributed by atoms with van der Waals surface area (Å²) in [6.45, 7) is 1.40. The fourth-order valence-electron chi connectivity index (χ4n) is 1.98. The van der Waals surface area contributed by atoms with Crippen molar-refractivity contribution in [1.82, 2.24) is 5.32 Å². The van der Waals surface area contributed by atoms with Gasteiger partial charge in [-0.3, -0.25) is 9.59 Å². The van der Waals surface area contributed by atoms with Gasteiger partial charge in [-0.1, -0.05) is 23.2 Å². The van der Waals surface area contributed by atoms with E-state index in [1.807, 2.05) is 0 Å². The molecular formula is C17H14Cl2FNO4S. The molecule has 9 heteroatoms.